The first-order valence-corrected chi connectivity index (χ1v) is 12.9. The fraction of sp³-hybridized carbons (Fsp3) is 0.379. The molecule has 0 unspecified atom stereocenters. The number of pyridine rings is 1. The Balaban J connectivity index is 1.48. The van der Waals surface area contributed by atoms with Gasteiger partial charge < -0.3 is 9.84 Å². The molecule has 8 heteroatoms. The molecule has 2 aliphatic heterocycles. The van der Waals surface area contributed by atoms with Crippen LogP contribution in [0.1, 0.15) is 59.2 Å². The third kappa shape index (κ3) is 5.18. The monoisotopic (exact) mass is 502 g/mol. The minimum atomic E-state index is -0.801. The van der Waals surface area contributed by atoms with Gasteiger partial charge in [0.15, 0.2) is 5.69 Å². The molecule has 37 heavy (non-hydrogen) atoms. The second kappa shape index (κ2) is 10.5. The number of carbonyl (C=O) groups is 1. The van der Waals surface area contributed by atoms with Crippen LogP contribution in [0, 0.1) is 13.8 Å². The first kappa shape index (κ1) is 25.2. The summed E-state index contributed by atoms with van der Waals surface area (Å²) in [5.41, 5.74) is 14.0. The number of nitrogens with zero attached hydrogens (tertiary/aromatic N) is 3. The van der Waals surface area contributed by atoms with Crippen LogP contribution < -0.4 is 20.7 Å². The van der Waals surface area contributed by atoms with E-state index in [4.69, 9.17) is 4.74 Å². The van der Waals surface area contributed by atoms with Crippen LogP contribution >= 0.6 is 0 Å². The lowest BCUT2D eigenvalue weighted by molar-refractivity contribution is -0.625. The molecule has 0 aliphatic carbocycles. The average molecular weight is 503 g/mol. The van der Waals surface area contributed by atoms with Crippen molar-refractivity contribution in [2.45, 2.75) is 58.7 Å². The van der Waals surface area contributed by atoms with E-state index in [2.05, 4.69) is 66.5 Å². The SMILES string of the molecule is CC[C@@H]1CN(Cc2cc([C@@H](CC(=O)O)c3ccc4c(c3C)[NH2+]NN4C)ccc2C)Cc2ncccc2O1. The Kier molecular flexibility index (Phi) is 7.15. The van der Waals surface area contributed by atoms with Crippen molar-refractivity contribution in [2.24, 2.45) is 0 Å². The molecular weight excluding hydrogens is 466 g/mol. The van der Waals surface area contributed by atoms with Gasteiger partial charge in [0.1, 0.15) is 17.5 Å². The predicted molar refractivity (Wildman–Crippen MR) is 143 cm³/mol. The molecule has 2 aliphatic rings. The summed E-state index contributed by atoms with van der Waals surface area (Å²) in [7, 11) is 1.98. The number of anilines is 1. The van der Waals surface area contributed by atoms with Crippen molar-refractivity contribution < 1.29 is 20.1 Å². The number of quaternary nitrogens is 1. The van der Waals surface area contributed by atoms with Crippen LogP contribution in [0.2, 0.25) is 0 Å². The summed E-state index contributed by atoms with van der Waals surface area (Å²) < 4.78 is 6.24. The molecule has 0 fully saturated rings. The van der Waals surface area contributed by atoms with Crippen LogP contribution in [-0.2, 0) is 17.9 Å². The molecular formula is C29H36N5O3+. The number of nitrogens with two attached hydrogens (primary N) is 1. The van der Waals surface area contributed by atoms with Crippen molar-refractivity contribution in [2.75, 3.05) is 18.6 Å². The Morgan fingerprint density at radius 1 is 1.27 bits per heavy atom. The zero-order chi connectivity index (χ0) is 26.1. The third-order valence-electron chi connectivity index (χ3n) is 7.65. The van der Waals surface area contributed by atoms with Gasteiger partial charge in [-0.15, -0.1) is 0 Å². The molecule has 0 amide bonds. The number of fused-ring (bicyclic) bond motifs is 2. The quantitative estimate of drug-likeness (QED) is 0.336. The number of hydrogen-bond donors (Lipinski definition) is 3. The minimum Gasteiger partial charge on any atom is -0.487 e. The molecule has 194 valence electrons. The number of nitrogens with one attached hydrogen (secondary N) is 1. The van der Waals surface area contributed by atoms with Gasteiger partial charge in [0.05, 0.1) is 12.1 Å². The number of hydrogen-bond acceptors (Lipinski definition) is 6. The fourth-order valence-corrected chi connectivity index (χ4v) is 5.48. The first-order chi connectivity index (χ1) is 17.8. The van der Waals surface area contributed by atoms with Gasteiger partial charge in [-0.05, 0) is 60.7 Å². The number of aliphatic carboxylic acids is 1. The molecule has 0 spiro atoms. The second-order valence-electron chi connectivity index (χ2n) is 10.1. The smallest absolute Gasteiger partial charge is 0.304 e. The number of ether oxygens (including phenoxy) is 1. The van der Waals surface area contributed by atoms with Crippen LogP contribution in [0.15, 0.2) is 48.7 Å². The summed E-state index contributed by atoms with van der Waals surface area (Å²) >= 11 is 0. The Morgan fingerprint density at radius 2 is 2.11 bits per heavy atom. The second-order valence-corrected chi connectivity index (χ2v) is 10.1. The van der Waals surface area contributed by atoms with Gasteiger partial charge >= 0.3 is 5.97 Å². The van der Waals surface area contributed by atoms with Crippen molar-refractivity contribution in [3.05, 3.63) is 82.2 Å². The highest BCUT2D eigenvalue weighted by Crippen LogP contribution is 2.37. The summed E-state index contributed by atoms with van der Waals surface area (Å²) in [6.07, 6.45) is 2.88. The Hall–Kier alpha value is -3.46. The lowest BCUT2D eigenvalue weighted by atomic mass is 9.84. The zero-order valence-corrected chi connectivity index (χ0v) is 22.0. The largest absolute Gasteiger partial charge is 0.487 e. The maximum atomic E-state index is 12.0. The van der Waals surface area contributed by atoms with Crippen molar-refractivity contribution in [1.82, 2.24) is 15.4 Å². The van der Waals surface area contributed by atoms with E-state index in [0.29, 0.717) is 0 Å². The topological polar surface area (TPSA) is 94.5 Å². The molecule has 2 atom stereocenters. The first-order valence-electron chi connectivity index (χ1n) is 12.9. The molecule has 0 radical (unpaired) electrons. The lowest BCUT2D eigenvalue weighted by Crippen LogP contribution is -2.87. The van der Waals surface area contributed by atoms with Gasteiger partial charge in [-0.3, -0.25) is 19.7 Å². The van der Waals surface area contributed by atoms with Crippen molar-refractivity contribution in [3.63, 3.8) is 0 Å². The maximum absolute atomic E-state index is 12.0. The highest BCUT2D eigenvalue weighted by atomic mass is 16.5. The summed E-state index contributed by atoms with van der Waals surface area (Å²) in [5.74, 6) is -0.169. The Labute approximate surface area is 218 Å². The molecule has 8 nitrogen and oxygen atoms in total. The molecule has 5 rings (SSSR count). The number of carboxylic acid groups (broad SMARTS) is 1. The summed E-state index contributed by atoms with van der Waals surface area (Å²) in [6, 6.07) is 14.5. The van der Waals surface area contributed by atoms with Crippen LogP contribution in [0.25, 0.3) is 0 Å². The number of carboxylic acids is 1. The Bertz CT molecular complexity index is 1310. The third-order valence-corrected chi connectivity index (χ3v) is 7.65. The van der Waals surface area contributed by atoms with Crippen molar-refractivity contribution >= 4 is 17.3 Å². The lowest BCUT2D eigenvalue weighted by Gasteiger charge is -2.25. The molecule has 3 heterocycles. The molecule has 3 aromatic rings. The zero-order valence-electron chi connectivity index (χ0n) is 22.0. The van der Waals surface area contributed by atoms with E-state index in [-0.39, 0.29) is 18.4 Å². The highest BCUT2D eigenvalue weighted by molar-refractivity contribution is 5.72. The van der Waals surface area contributed by atoms with Gasteiger partial charge in [0.25, 0.3) is 0 Å². The van der Waals surface area contributed by atoms with E-state index in [1.54, 1.807) is 0 Å². The molecule has 2 aromatic carbocycles. The minimum absolute atomic E-state index is 0.0398. The van der Waals surface area contributed by atoms with Gasteiger partial charge in [-0.25, -0.2) is 5.43 Å². The summed E-state index contributed by atoms with van der Waals surface area (Å²) in [4.78, 5) is 19.0. The number of aromatic nitrogens is 1. The Morgan fingerprint density at radius 3 is 2.89 bits per heavy atom. The molecule has 4 N–H and O–H groups in total. The molecule has 0 saturated heterocycles. The highest BCUT2D eigenvalue weighted by Gasteiger charge is 2.29. The van der Waals surface area contributed by atoms with Gasteiger partial charge in [0.2, 0.25) is 0 Å². The van der Waals surface area contributed by atoms with Gasteiger partial charge in [0, 0.05) is 44.4 Å². The van der Waals surface area contributed by atoms with E-state index in [0.717, 1.165) is 65.6 Å². The molecule has 0 bridgehead atoms. The predicted octanol–water partition coefficient (Wildman–Crippen LogP) is 3.54. The number of rotatable bonds is 7. The summed E-state index contributed by atoms with van der Waals surface area (Å²) in [5, 5.41) is 11.8. The number of hydrazine groups is 1. The van der Waals surface area contributed by atoms with Crippen LogP contribution in [0.4, 0.5) is 11.4 Å². The maximum Gasteiger partial charge on any atom is 0.304 e. The fourth-order valence-electron chi connectivity index (χ4n) is 5.48. The van der Waals surface area contributed by atoms with E-state index in [1.807, 2.05) is 35.8 Å². The van der Waals surface area contributed by atoms with E-state index < -0.39 is 5.97 Å². The number of benzene rings is 2. The molecule has 1 aromatic heterocycles. The van der Waals surface area contributed by atoms with E-state index in [1.165, 1.54) is 11.1 Å². The van der Waals surface area contributed by atoms with E-state index in [9.17, 15) is 9.90 Å². The molecule has 0 saturated carbocycles. The standard InChI is InChI=1S/C29H35N5O3/c1-5-22-16-34(17-25-27(37-22)7-6-12-30-25)15-21-13-20(9-8-18(21)2)24(14-28(35)36)23-10-11-26-29(19(23)3)31-32-33(26)4/h6-13,22,24,31-32H,5,14-17H2,1-4H3,(H,35,36)/p+1/t22-,24-/m1/s1. The average Bonchev–Trinajstić information content (AvgIpc) is 3.16. The van der Waals surface area contributed by atoms with E-state index >= 15 is 0 Å². The normalized spacial score (nSPS) is 18.1. The van der Waals surface area contributed by atoms with Gasteiger partial charge in [-0.2, -0.15) is 0 Å². The summed E-state index contributed by atoms with van der Waals surface area (Å²) in [6.45, 7) is 8.64. The van der Waals surface area contributed by atoms with Crippen LogP contribution in [-0.4, -0.2) is 40.7 Å². The van der Waals surface area contributed by atoms with Crippen molar-refractivity contribution in [3.8, 4) is 5.75 Å². The van der Waals surface area contributed by atoms with Crippen molar-refractivity contribution in [1.29, 1.82) is 0 Å². The van der Waals surface area contributed by atoms with Gasteiger partial charge in [-0.1, -0.05) is 36.7 Å². The number of aryl methyl sites for hydroxylation is 1. The van der Waals surface area contributed by atoms with Crippen LogP contribution in [0.5, 0.6) is 5.75 Å². The van der Waals surface area contributed by atoms with Crippen LogP contribution in [0.3, 0.4) is 0 Å².